The van der Waals surface area contributed by atoms with Gasteiger partial charge >= 0.3 is 0 Å². The quantitative estimate of drug-likeness (QED) is 0.437. The van der Waals surface area contributed by atoms with Gasteiger partial charge < -0.3 is 15.6 Å². The molecule has 0 saturated heterocycles. The third-order valence-corrected chi connectivity index (χ3v) is 0.901. The van der Waals surface area contributed by atoms with E-state index in [1.807, 2.05) is 0 Å². The van der Waals surface area contributed by atoms with Crippen LogP contribution in [0.3, 0.4) is 0 Å². The minimum absolute atomic E-state index is 0.0972. The van der Waals surface area contributed by atoms with Crippen LogP contribution in [0.2, 0.25) is 0 Å². The van der Waals surface area contributed by atoms with Gasteiger partial charge in [0, 0.05) is 5.71 Å². The molecule has 3 N–H and O–H groups in total. The second-order valence-corrected chi connectivity index (χ2v) is 1.87. The molecule has 0 amide bonds. The summed E-state index contributed by atoms with van der Waals surface area (Å²) in [5.41, 5.74) is 0.0972. The van der Waals surface area contributed by atoms with Gasteiger partial charge in [-0.1, -0.05) is 0 Å². The lowest BCUT2D eigenvalue weighted by Crippen LogP contribution is -2.28. The van der Waals surface area contributed by atoms with Crippen LogP contribution < -0.4 is 0 Å². The summed E-state index contributed by atoms with van der Waals surface area (Å²) >= 11 is 0. The maximum atomic E-state index is 8.73. The summed E-state index contributed by atoms with van der Waals surface area (Å²) in [5, 5.41) is 24.2. The lowest BCUT2D eigenvalue weighted by Gasteiger charge is -2.10. The van der Waals surface area contributed by atoms with E-state index in [9.17, 15) is 0 Å². The van der Waals surface area contributed by atoms with Crippen molar-refractivity contribution in [1.29, 1.82) is 5.41 Å². The average Bonchev–Trinajstić information content (AvgIpc) is 1.64. The van der Waals surface area contributed by atoms with Gasteiger partial charge in [0.05, 0.1) is 6.10 Å². The number of aliphatic hydroxyl groups is 2. The molecule has 0 fully saturated rings. The van der Waals surface area contributed by atoms with Crippen molar-refractivity contribution in [2.45, 2.75) is 26.1 Å². The fraction of sp³-hybridized carbons (Fsp3) is 0.800. The summed E-state index contributed by atoms with van der Waals surface area (Å²) in [6, 6.07) is 0. The first kappa shape index (κ1) is 7.59. The number of rotatable bonds is 2. The Morgan fingerprint density at radius 2 is 1.88 bits per heavy atom. The lowest BCUT2D eigenvalue weighted by atomic mass is 10.1. The largest absolute Gasteiger partial charge is 0.390 e. The van der Waals surface area contributed by atoms with Crippen molar-refractivity contribution in [1.82, 2.24) is 0 Å². The van der Waals surface area contributed by atoms with Gasteiger partial charge in [0.1, 0.15) is 6.10 Å². The predicted octanol–water partition coefficient (Wildman–Crippen LogP) is -0.232. The molecule has 0 bridgehead atoms. The molecule has 2 atom stereocenters. The van der Waals surface area contributed by atoms with Gasteiger partial charge in [0.2, 0.25) is 0 Å². The Hall–Kier alpha value is -0.410. The lowest BCUT2D eigenvalue weighted by molar-refractivity contribution is 0.0729. The second-order valence-electron chi connectivity index (χ2n) is 1.87. The first-order chi connectivity index (χ1) is 3.55. The SMILES string of the molecule is CC(=N)[C@@H](O)[C@H](C)O. The van der Waals surface area contributed by atoms with E-state index in [1.165, 1.54) is 13.8 Å². The van der Waals surface area contributed by atoms with Gasteiger partial charge in [-0.2, -0.15) is 0 Å². The Morgan fingerprint density at radius 1 is 1.50 bits per heavy atom. The first-order valence-electron chi connectivity index (χ1n) is 2.47. The Kier molecular flexibility index (Phi) is 2.65. The monoisotopic (exact) mass is 117 g/mol. The maximum absolute atomic E-state index is 8.73. The zero-order valence-electron chi connectivity index (χ0n) is 5.05. The van der Waals surface area contributed by atoms with E-state index >= 15 is 0 Å². The van der Waals surface area contributed by atoms with E-state index in [0.717, 1.165) is 0 Å². The third-order valence-electron chi connectivity index (χ3n) is 0.901. The fourth-order valence-corrected chi connectivity index (χ4v) is 0.362. The van der Waals surface area contributed by atoms with Crippen LogP contribution >= 0.6 is 0 Å². The summed E-state index contributed by atoms with van der Waals surface area (Å²) in [4.78, 5) is 0. The van der Waals surface area contributed by atoms with Crippen LogP contribution in [-0.2, 0) is 0 Å². The molecule has 0 aliphatic carbocycles. The van der Waals surface area contributed by atoms with Crippen LogP contribution in [0.1, 0.15) is 13.8 Å². The van der Waals surface area contributed by atoms with Gasteiger partial charge in [-0.25, -0.2) is 0 Å². The van der Waals surface area contributed by atoms with Crippen LogP contribution in [0.5, 0.6) is 0 Å². The summed E-state index contributed by atoms with van der Waals surface area (Å²) < 4.78 is 0. The van der Waals surface area contributed by atoms with Crippen LogP contribution in [-0.4, -0.2) is 28.1 Å². The second kappa shape index (κ2) is 2.79. The van der Waals surface area contributed by atoms with Gasteiger partial charge in [-0.05, 0) is 13.8 Å². The third kappa shape index (κ3) is 2.04. The molecule has 0 saturated carbocycles. The molecule has 0 aromatic heterocycles. The number of hydrogen-bond donors (Lipinski definition) is 3. The molecule has 0 heterocycles. The molecule has 0 radical (unpaired) electrons. The fourth-order valence-electron chi connectivity index (χ4n) is 0.362. The van der Waals surface area contributed by atoms with Gasteiger partial charge in [0.15, 0.2) is 0 Å². The van der Waals surface area contributed by atoms with Crippen LogP contribution in [0.4, 0.5) is 0 Å². The molecule has 3 nitrogen and oxygen atoms in total. The van der Waals surface area contributed by atoms with Gasteiger partial charge in [-0.3, -0.25) is 0 Å². The first-order valence-corrected chi connectivity index (χ1v) is 2.47. The highest BCUT2D eigenvalue weighted by atomic mass is 16.3. The zero-order valence-corrected chi connectivity index (χ0v) is 5.05. The van der Waals surface area contributed by atoms with E-state index in [0.29, 0.717) is 0 Å². The topological polar surface area (TPSA) is 64.3 Å². The molecule has 0 rings (SSSR count). The molecule has 0 aromatic carbocycles. The smallest absolute Gasteiger partial charge is 0.117 e. The molecule has 0 aliphatic heterocycles. The summed E-state index contributed by atoms with van der Waals surface area (Å²) in [6.07, 6.45) is -1.82. The van der Waals surface area contributed by atoms with Crippen molar-refractivity contribution in [2.75, 3.05) is 0 Å². The maximum Gasteiger partial charge on any atom is 0.117 e. The Bertz CT molecular complexity index is 90.4. The standard InChI is InChI=1S/C5H11NO2/c1-3(6)5(8)4(2)7/h4-8H,1-2H3/t4-,5+/m0/s1. The van der Waals surface area contributed by atoms with Gasteiger partial charge in [-0.15, -0.1) is 0 Å². The van der Waals surface area contributed by atoms with Crippen LogP contribution in [0.25, 0.3) is 0 Å². The van der Waals surface area contributed by atoms with E-state index in [4.69, 9.17) is 15.6 Å². The van der Waals surface area contributed by atoms with E-state index < -0.39 is 12.2 Å². The minimum Gasteiger partial charge on any atom is -0.390 e. The van der Waals surface area contributed by atoms with Crippen LogP contribution in [0, 0.1) is 5.41 Å². The molecule has 48 valence electrons. The van der Waals surface area contributed by atoms with Crippen molar-refractivity contribution in [3.8, 4) is 0 Å². The number of nitrogens with one attached hydrogen (secondary N) is 1. The summed E-state index contributed by atoms with van der Waals surface area (Å²) in [7, 11) is 0. The van der Waals surface area contributed by atoms with Crippen molar-refractivity contribution < 1.29 is 10.2 Å². The van der Waals surface area contributed by atoms with Crippen molar-refractivity contribution >= 4 is 5.71 Å². The van der Waals surface area contributed by atoms with E-state index in [2.05, 4.69) is 0 Å². The molecule has 8 heavy (non-hydrogen) atoms. The van der Waals surface area contributed by atoms with Crippen LogP contribution in [0.15, 0.2) is 0 Å². The molecule has 0 spiro atoms. The zero-order chi connectivity index (χ0) is 6.73. The average molecular weight is 117 g/mol. The molecule has 0 aliphatic rings. The number of hydrogen-bond acceptors (Lipinski definition) is 3. The number of aliphatic hydroxyl groups excluding tert-OH is 2. The van der Waals surface area contributed by atoms with Crippen molar-refractivity contribution in [3.63, 3.8) is 0 Å². The highest BCUT2D eigenvalue weighted by Crippen LogP contribution is 1.91. The van der Waals surface area contributed by atoms with E-state index in [-0.39, 0.29) is 5.71 Å². The molecular formula is C5H11NO2. The predicted molar refractivity (Wildman–Crippen MR) is 31.1 cm³/mol. The Morgan fingerprint density at radius 3 is 1.88 bits per heavy atom. The molecule has 0 unspecified atom stereocenters. The summed E-state index contributed by atoms with van der Waals surface area (Å²) in [6.45, 7) is 2.90. The summed E-state index contributed by atoms with van der Waals surface area (Å²) in [5.74, 6) is 0. The van der Waals surface area contributed by atoms with Gasteiger partial charge in [0.25, 0.3) is 0 Å². The highest BCUT2D eigenvalue weighted by molar-refractivity contribution is 5.83. The molecule has 0 aromatic rings. The molecule has 3 heteroatoms. The van der Waals surface area contributed by atoms with E-state index in [1.54, 1.807) is 0 Å². The Labute approximate surface area is 48.5 Å². The normalized spacial score (nSPS) is 17.5. The van der Waals surface area contributed by atoms with Crippen molar-refractivity contribution in [3.05, 3.63) is 0 Å². The Balaban J connectivity index is 3.64. The minimum atomic E-state index is -0.991. The van der Waals surface area contributed by atoms with Crippen molar-refractivity contribution in [2.24, 2.45) is 0 Å². The molecular weight excluding hydrogens is 106 g/mol. The highest BCUT2D eigenvalue weighted by Gasteiger charge is 2.11.